The normalized spacial score (nSPS) is 19.4. The number of furan rings is 1. The summed E-state index contributed by atoms with van der Waals surface area (Å²) < 4.78 is 5.03. The minimum atomic E-state index is -0.453. The van der Waals surface area contributed by atoms with Crippen LogP contribution in [0, 0.1) is 0 Å². The number of urea groups is 1. The number of thioether (sulfide) groups is 1. The van der Waals surface area contributed by atoms with Crippen LogP contribution in [0.3, 0.4) is 0 Å². The van der Waals surface area contributed by atoms with Crippen molar-refractivity contribution >= 4 is 22.9 Å². The topological polar surface area (TPSA) is 71.3 Å². The molecule has 1 aliphatic rings. The molecule has 2 N–H and O–H groups in total. The van der Waals surface area contributed by atoms with Crippen LogP contribution in [0.2, 0.25) is 0 Å². The summed E-state index contributed by atoms with van der Waals surface area (Å²) >= 11 is 1.25. The van der Waals surface area contributed by atoms with Crippen LogP contribution in [0.5, 0.6) is 0 Å². The first-order valence-electron chi connectivity index (χ1n) is 6.00. The maximum Gasteiger partial charge on any atom is 0.319 e. The van der Waals surface area contributed by atoms with Gasteiger partial charge in [-0.25, -0.2) is 4.79 Å². The van der Waals surface area contributed by atoms with E-state index in [9.17, 15) is 9.59 Å². The lowest BCUT2D eigenvalue weighted by molar-refractivity contribution is -0.108. The van der Waals surface area contributed by atoms with Crippen molar-refractivity contribution in [2.75, 3.05) is 0 Å². The monoisotopic (exact) mass is 280 g/mol. The van der Waals surface area contributed by atoms with E-state index in [-0.39, 0.29) is 16.4 Å². The lowest BCUT2D eigenvalue weighted by atomic mass is 9.99. The highest BCUT2D eigenvalue weighted by atomic mass is 32.2. The van der Waals surface area contributed by atoms with Gasteiger partial charge in [0.1, 0.15) is 0 Å². The Labute approximate surface area is 115 Å². The van der Waals surface area contributed by atoms with Crippen LogP contribution in [0.25, 0.3) is 0 Å². The molecule has 0 saturated heterocycles. The Morgan fingerprint density at radius 3 is 2.79 bits per heavy atom. The second-order valence-corrected chi connectivity index (χ2v) is 6.13. The Balaban J connectivity index is 2.36. The lowest BCUT2D eigenvalue weighted by Gasteiger charge is -2.27. The van der Waals surface area contributed by atoms with E-state index in [2.05, 4.69) is 10.6 Å². The molecule has 0 bridgehead atoms. The van der Waals surface area contributed by atoms with E-state index in [1.165, 1.54) is 24.3 Å². The SMILES string of the molecule is CC1=C(C(=O)SC(C)C)C(c2ccoc2)NC(=O)N1. The van der Waals surface area contributed by atoms with Crippen molar-refractivity contribution in [1.29, 1.82) is 0 Å². The third kappa shape index (κ3) is 3.01. The summed E-state index contributed by atoms with van der Waals surface area (Å²) in [7, 11) is 0. The molecule has 0 aromatic carbocycles. The summed E-state index contributed by atoms with van der Waals surface area (Å²) in [5.41, 5.74) is 1.93. The molecule has 5 nitrogen and oxygen atoms in total. The average molecular weight is 280 g/mol. The van der Waals surface area contributed by atoms with Gasteiger partial charge in [-0.05, 0) is 13.0 Å². The number of rotatable bonds is 3. The molecule has 0 spiro atoms. The Bertz CT molecular complexity index is 520. The molecule has 1 aromatic heterocycles. The molecule has 2 amide bonds. The number of hydrogen-bond donors (Lipinski definition) is 2. The zero-order chi connectivity index (χ0) is 14.0. The van der Waals surface area contributed by atoms with Crippen LogP contribution in [0.1, 0.15) is 32.4 Å². The van der Waals surface area contributed by atoms with Crippen molar-refractivity contribution in [2.24, 2.45) is 0 Å². The third-order valence-electron chi connectivity index (χ3n) is 2.71. The highest BCUT2D eigenvalue weighted by Gasteiger charge is 2.32. The smallest absolute Gasteiger partial charge is 0.319 e. The van der Waals surface area contributed by atoms with Gasteiger partial charge in [0.2, 0.25) is 5.12 Å². The summed E-state index contributed by atoms with van der Waals surface area (Å²) in [5, 5.41) is 5.55. The molecule has 6 heteroatoms. The number of amides is 2. The minimum Gasteiger partial charge on any atom is -0.472 e. The van der Waals surface area contributed by atoms with Crippen molar-refractivity contribution in [1.82, 2.24) is 10.6 Å². The van der Waals surface area contributed by atoms with Gasteiger partial charge in [-0.3, -0.25) is 4.79 Å². The highest BCUT2D eigenvalue weighted by Crippen LogP contribution is 2.31. The predicted molar refractivity (Wildman–Crippen MR) is 73.6 cm³/mol. The Morgan fingerprint density at radius 1 is 1.47 bits per heavy atom. The van der Waals surface area contributed by atoms with E-state index in [0.29, 0.717) is 11.3 Å². The first kappa shape index (κ1) is 13.7. The van der Waals surface area contributed by atoms with E-state index in [1.54, 1.807) is 13.0 Å². The number of nitrogens with one attached hydrogen (secondary N) is 2. The highest BCUT2D eigenvalue weighted by molar-refractivity contribution is 8.14. The van der Waals surface area contributed by atoms with Gasteiger partial charge in [0.25, 0.3) is 0 Å². The molecule has 0 saturated carbocycles. The minimum absolute atomic E-state index is 0.0359. The quantitative estimate of drug-likeness (QED) is 0.892. The molecular weight excluding hydrogens is 264 g/mol. The van der Waals surface area contributed by atoms with Crippen LogP contribution >= 0.6 is 11.8 Å². The van der Waals surface area contributed by atoms with E-state index >= 15 is 0 Å². The molecule has 0 radical (unpaired) electrons. The first-order valence-corrected chi connectivity index (χ1v) is 6.88. The largest absolute Gasteiger partial charge is 0.472 e. The predicted octanol–water partition coefficient (Wildman–Crippen LogP) is 2.58. The molecule has 1 aliphatic heterocycles. The van der Waals surface area contributed by atoms with Crippen molar-refractivity contribution in [2.45, 2.75) is 32.1 Å². The number of carbonyl (C=O) groups is 2. The summed E-state index contributed by atoms with van der Waals surface area (Å²) in [6, 6.07) is 0.984. The molecule has 2 rings (SSSR count). The first-order chi connectivity index (χ1) is 8.99. The van der Waals surface area contributed by atoms with Crippen molar-refractivity contribution in [3.8, 4) is 0 Å². The Kier molecular flexibility index (Phi) is 3.99. The maximum atomic E-state index is 12.3. The fraction of sp³-hybridized carbons (Fsp3) is 0.385. The lowest BCUT2D eigenvalue weighted by Crippen LogP contribution is -2.44. The molecule has 0 fully saturated rings. The van der Waals surface area contributed by atoms with Gasteiger partial charge < -0.3 is 15.1 Å². The van der Waals surface area contributed by atoms with Crippen molar-refractivity contribution in [3.05, 3.63) is 35.4 Å². The molecule has 1 unspecified atom stereocenters. The van der Waals surface area contributed by atoms with E-state index < -0.39 is 6.04 Å². The molecule has 1 aromatic rings. The van der Waals surface area contributed by atoms with Gasteiger partial charge in [-0.2, -0.15) is 0 Å². The van der Waals surface area contributed by atoms with Gasteiger partial charge in [-0.15, -0.1) is 0 Å². The summed E-state index contributed by atoms with van der Waals surface area (Å²) in [5.74, 6) is 0. The van der Waals surface area contributed by atoms with Gasteiger partial charge in [0, 0.05) is 16.5 Å². The van der Waals surface area contributed by atoms with E-state index in [1.807, 2.05) is 13.8 Å². The second kappa shape index (κ2) is 5.52. The van der Waals surface area contributed by atoms with Gasteiger partial charge in [0.15, 0.2) is 0 Å². The molecule has 2 heterocycles. The van der Waals surface area contributed by atoms with Crippen molar-refractivity contribution < 1.29 is 14.0 Å². The summed E-state index contributed by atoms with van der Waals surface area (Å²) in [4.78, 5) is 23.9. The fourth-order valence-electron chi connectivity index (χ4n) is 1.93. The molecular formula is C13H16N2O3S. The van der Waals surface area contributed by atoms with Gasteiger partial charge in [0.05, 0.1) is 24.1 Å². The Morgan fingerprint density at radius 2 is 2.21 bits per heavy atom. The number of hydrogen-bond acceptors (Lipinski definition) is 4. The standard InChI is InChI=1S/C13H16N2O3S/c1-7(2)19-12(16)10-8(3)14-13(17)15-11(10)9-4-5-18-6-9/h4-7,11H,1-3H3,(H2,14,15,17). The van der Waals surface area contributed by atoms with Crippen LogP contribution in [-0.2, 0) is 4.79 Å². The maximum absolute atomic E-state index is 12.3. The molecule has 102 valence electrons. The average Bonchev–Trinajstić information content (AvgIpc) is 2.79. The van der Waals surface area contributed by atoms with Gasteiger partial charge >= 0.3 is 6.03 Å². The number of allylic oxidation sites excluding steroid dienone is 1. The molecule has 19 heavy (non-hydrogen) atoms. The summed E-state index contributed by atoms with van der Waals surface area (Å²) in [6.07, 6.45) is 3.06. The zero-order valence-electron chi connectivity index (χ0n) is 11.0. The van der Waals surface area contributed by atoms with Crippen LogP contribution in [-0.4, -0.2) is 16.4 Å². The fourth-order valence-corrected chi connectivity index (χ4v) is 2.76. The Hall–Kier alpha value is -1.69. The molecule has 1 atom stereocenters. The third-order valence-corrected chi connectivity index (χ3v) is 3.61. The van der Waals surface area contributed by atoms with Crippen LogP contribution < -0.4 is 10.6 Å². The molecule has 0 aliphatic carbocycles. The van der Waals surface area contributed by atoms with Crippen LogP contribution in [0.4, 0.5) is 4.79 Å². The van der Waals surface area contributed by atoms with E-state index in [4.69, 9.17) is 4.42 Å². The van der Waals surface area contributed by atoms with Crippen molar-refractivity contribution in [3.63, 3.8) is 0 Å². The van der Waals surface area contributed by atoms with E-state index in [0.717, 1.165) is 5.56 Å². The van der Waals surface area contributed by atoms with Gasteiger partial charge in [-0.1, -0.05) is 25.6 Å². The number of carbonyl (C=O) groups excluding carboxylic acids is 2. The van der Waals surface area contributed by atoms with Crippen LogP contribution in [0.15, 0.2) is 34.3 Å². The zero-order valence-corrected chi connectivity index (χ0v) is 11.8. The second-order valence-electron chi connectivity index (χ2n) is 4.58. The summed E-state index contributed by atoms with van der Waals surface area (Å²) in [6.45, 7) is 5.65.